The second-order valence-electron chi connectivity index (χ2n) is 8.85. The van der Waals surface area contributed by atoms with Gasteiger partial charge >= 0.3 is 0 Å². The predicted octanol–water partition coefficient (Wildman–Crippen LogP) is 4.14. The van der Waals surface area contributed by atoms with E-state index < -0.39 is 0 Å². The van der Waals surface area contributed by atoms with Crippen LogP contribution in [0.2, 0.25) is 0 Å². The number of methoxy groups -OCH3 is 2. The van der Waals surface area contributed by atoms with E-state index in [-0.39, 0.29) is 28.6 Å². The Morgan fingerprint density at radius 1 is 1.00 bits per heavy atom. The summed E-state index contributed by atoms with van der Waals surface area (Å²) in [6.45, 7) is 11.7. The van der Waals surface area contributed by atoms with E-state index in [9.17, 15) is 9.59 Å². The first-order valence-electron chi connectivity index (χ1n) is 9.78. The molecule has 154 valence electrons. The van der Waals surface area contributed by atoms with Gasteiger partial charge in [-0.05, 0) is 56.3 Å². The molecule has 1 aliphatic rings. The largest absolute Gasteiger partial charge is 0.385 e. The zero-order valence-electron chi connectivity index (χ0n) is 18.1. The summed E-state index contributed by atoms with van der Waals surface area (Å²) in [5.74, 6) is 0.308. The number of carbonyl (C=O) groups excluding carboxylic acids is 2. The van der Waals surface area contributed by atoms with Gasteiger partial charge in [0.05, 0.1) is 0 Å². The third kappa shape index (κ3) is 12.4. The zero-order chi connectivity index (χ0) is 20.2. The molecule has 0 aromatic rings. The molecule has 1 aliphatic carbocycles. The van der Waals surface area contributed by atoms with Gasteiger partial charge in [0.1, 0.15) is 5.78 Å². The number of hydrogen-bond donors (Lipinski definition) is 1. The summed E-state index contributed by atoms with van der Waals surface area (Å²) in [6, 6.07) is 0.253. The Kier molecular flexibility index (Phi) is 12.0. The summed E-state index contributed by atoms with van der Waals surface area (Å²) in [4.78, 5) is 22.4. The number of unbranched alkanes of at least 4 members (excludes halogenated alkanes) is 1. The number of hydrogen-bond acceptors (Lipinski definition) is 4. The van der Waals surface area contributed by atoms with Crippen LogP contribution in [0.15, 0.2) is 0 Å². The van der Waals surface area contributed by atoms with Crippen molar-refractivity contribution in [3.8, 4) is 0 Å². The molecule has 26 heavy (non-hydrogen) atoms. The standard InChI is InChI=1S/C15H27NO2.C6H14O2/c1-11(17)6-7-15(5)9-13(16-12(2)18)8-14(3,4)10-15;1-7-5-3-4-6-8-2/h13H,6-10H2,1-5H3,(H,16,18);3-6H2,1-2H3. The fraction of sp³-hybridized carbons (Fsp3) is 0.905. The van der Waals surface area contributed by atoms with Crippen molar-refractivity contribution in [3.63, 3.8) is 0 Å². The molecule has 0 heterocycles. The molecule has 0 aromatic carbocycles. The Labute approximate surface area is 160 Å². The summed E-state index contributed by atoms with van der Waals surface area (Å²) in [5.41, 5.74) is 0.400. The highest BCUT2D eigenvalue weighted by atomic mass is 16.5. The first kappa shape index (κ1) is 25.1. The Balaban J connectivity index is 0.000000660. The van der Waals surface area contributed by atoms with E-state index in [1.165, 1.54) is 0 Å². The van der Waals surface area contributed by atoms with E-state index in [0.717, 1.165) is 51.7 Å². The van der Waals surface area contributed by atoms with Crippen molar-refractivity contribution in [2.45, 2.75) is 85.6 Å². The molecule has 0 aliphatic heterocycles. The van der Waals surface area contributed by atoms with Gasteiger partial charge in [-0.1, -0.05) is 20.8 Å². The molecule has 1 fully saturated rings. The second kappa shape index (κ2) is 12.4. The average Bonchev–Trinajstić information content (AvgIpc) is 2.48. The van der Waals surface area contributed by atoms with Crippen LogP contribution in [-0.2, 0) is 19.1 Å². The Bertz CT molecular complexity index is 416. The van der Waals surface area contributed by atoms with Crippen molar-refractivity contribution < 1.29 is 19.1 Å². The minimum Gasteiger partial charge on any atom is -0.385 e. The maximum absolute atomic E-state index is 11.2. The summed E-state index contributed by atoms with van der Waals surface area (Å²) < 4.78 is 9.67. The Morgan fingerprint density at radius 3 is 1.96 bits per heavy atom. The number of ether oxygens (including phenoxy) is 2. The number of rotatable bonds is 9. The van der Waals surface area contributed by atoms with E-state index in [1.807, 2.05) is 0 Å². The van der Waals surface area contributed by atoms with Gasteiger partial charge in [0.25, 0.3) is 0 Å². The molecule has 0 bridgehead atoms. The van der Waals surface area contributed by atoms with Crippen LogP contribution in [0.4, 0.5) is 0 Å². The second-order valence-corrected chi connectivity index (χ2v) is 8.85. The van der Waals surface area contributed by atoms with Crippen LogP contribution in [0.1, 0.15) is 79.6 Å². The van der Waals surface area contributed by atoms with Gasteiger partial charge in [-0.2, -0.15) is 0 Å². The van der Waals surface area contributed by atoms with Gasteiger partial charge in [0.2, 0.25) is 5.91 Å². The molecule has 2 atom stereocenters. The highest BCUT2D eigenvalue weighted by molar-refractivity contribution is 5.75. The normalized spacial score (nSPS) is 24.3. The maximum atomic E-state index is 11.2. The third-order valence-corrected chi connectivity index (χ3v) is 4.88. The van der Waals surface area contributed by atoms with E-state index in [0.29, 0.717) is 6.42 Å². The zero-order valence-corrected chi connectivity index (χ0v) is 18.1. The molecule has 1 amide bonds. The smallest absolute Gasteiger partial charge is 0.217 e. The fourth-order valence-corrected chi connectivity index (χ4v) is 4.18. The lowest BCUT2D eigenvalue weighted by atomic mass is 9.61. The topological polar surface area (TPSA) is 64.6 Å². The summed E-state index contributed by atoms with van der Waals surface area (Å²) >= 11 is 0. The molecule has 5 nitrogen and oxygen atoms in total. The molecule has 2 unspecified atom stereocenters. The molecule has 5 heteroatoms. The lowest BCUT2D eigenvalue weighted by Crippen LogP contribution is -2.46. The van der Waals surface area contributed by atoms with E-state index in [4.69, 9.17) is 9.47 Å². The maximum Gasteiger partial charge on any atom is 0.217 e. The third-order valence-electron chi connectivity index (χ3n) is 4.88. The van der Waals surface area contributed by atoms with Crippen LogP contribution in [0.25, 0.3) is 0 Å². The molecule has 0 radical (unpaired) electrons. The number of carbonyl (C=O) groups is 2. The van der Waals surface area contributed by atoms with Gasteiger partial charge in [0.15, 0.2) is 0 Å². The molecule has 1 saturated carbocycles. The number of Topliss-reactive ketones (excluding diaryl/α,β-unsaturated/α-hetero) is 1. The molecule has 0 saturated heterocycles. The Morgan fingerprint density at radius 2 is 1.54 bits per heavy atom. The van der Waals surface area contributed by atoms with Crippen molar-refractivity contribution in [1.82, 2.24) is 5.32 Å². The molecule has 0 spiro atoms. The van der Waals surface area contributed by atoms with Crippen LogP contribution in [0, 0.1) is 10.8 Å². The van der Waals surface area contributed by atoms with Crippen LogP contribution >= 0.6 is 0 Å². The molecule has 1 rings (SSSR count). The first-order valence-corrected chi connectivity index (χ1v) is 9.78. The van der Waals surface area contributed by atoms with Gasteiger partial charge in [-0.25, -0.2) is 0 Å². The van der Waals surface area contributed by atoms with Crippen molar-refractivity contribution in [1.29, 1.82) is 0 Å². The van der Waals surface area contributed by atoms with E-state index in [1.54, 1.807) is 28.1 Å². The molecule has 1 N–H and O–H groups in total. The summed E-state index contributed by atoms with van der Waals surface area (Å²) in [7, 11) is 3.43. The summed E-state index contributed by atoms with van der Waals surface area (Å²) in [5, 5.41) is 3.06. The van der Waals surface area contributed by atoms with Crippen LogP contribution in [0.3, 0.4) is 0 Å². The lowest BCUT2D eigenvalue weighted by Gasteiger charge is -2.47. The highest BCUT2D eigenvalue weighted by Crippen LogP contribution is 2.48. The fourth-order valence-electron chi connectivity index (χ4n) is 4.18. The van der Waals surface area contributed by atoms with Crippen LogP contribution in [0.5, 0.6) is 0 Å². The number of nitrogens with one attached hydrogen (secondary N) is 1. The van der Waals surface area contributed by atoms with E-state index in [2.05, 4.69) is 26.1 Å². The van der Waals surface area contributed by atoms with Gasteiger partial charge < -0.3 is 19.6 Å². The van der Waals surface area contributed by atoms with Gasteiger partial charge in [-0.15, -0.1) is 0 Å². The lowest BCUT2D eigenvalue weighted by molar-refractivity contribution is -0.121. The van der Waals surface area contributed by atoms with Gasteiger partial charge in [-0.3, -0.25) is 4.79 Å². The average molecular weight is 372 g/mol. The van der Waals surface area contributed by atoms with Crippen LogP contribution < -0.4 is 5.32 Å². The van der Waals surface area contributed by atoms with Crippen molar-refractivity contribution >= 4 is 11.7 Å². The summed E-state index contributed by atoms with van der Waals surface area (Å²) in [6.07, 6.45) is 6.94. The molecular formula is C21H41NO4. The SMILES string of the molecule is CC(=O)CCC1(C)CC(NC(C)=O)CC(C)(C)C1.COCCCCOC. The first-order chi connectivity index (χ1) is 12.0. The quantitative estimate of drug-likeness (QED) is 0.619. The Hall–Kier alpha value is -0.940. The number of ketones is 1. The molecule has 0 aromatic heterocycles. The van der Waals surface area contributed by atoms with Crippen molar-refractivity contribution in [2.75, 3.05) is 27.4 Å². The minimum atomic E-state index is 0.0478. The number of amides is 1. The molecular weight excluding hydrogens is 330 g/mol. The minimum absolute atomic E-state index is 0.0478. The van der Waals surface area contributed by atoms with Gasteiger partial charge in [0, 0.05) is 46.8 Å². The van der Waals surface area contributed by atoms with Crippen LogP contribution in [-0.4, -0.2) is 45.2 Å². The monoisotopic (exact) mass is 371 g/mol. The van der Waals surface area contributed by atoms with Crippen molar-refractivity contribution in [3.05, 3.63) is 0 Å². The van der Waals surface area contributed by atoms with E-state index >= 15 is 0 Å². The predicted molar refractivity (Wildman–Crippen MR) is 106 cm³/mol. The highest BCUT2D eigenvalue weighted by Gasteiger charge is 2.41. The van der Waals surface area contributed by atoms with Crippen molar-refractivity contribution in [2.24, 2.45) is 10.8 Å².